The van der Waals surface area contributed by atoms with Crippen molar-refractivity contribution in [3.05, 3.63) is 40.1 Å². The van der Waals surface area contributed by atoms with Gasteiger partial charge in [-0.25, -0.2) is 4.79 Å². The number of fused-ring (bicyclic) bond motifs is 1. The van der Waals surface area contributed by atoms with Crippen LogP contribution in [0.5, 0.6) is 5.75 Å². The number of nitrogen functional groups attached to an aromatic ring is 1. The van der Waals surface area contributed by atoms with Crippen LogP contribution in [0.3, 0.4) is 0 Å². The molecule has 0 saturated carbocycles. The largest absolute Gasteiger partial charge is 0.451 e. The van der Waals surface area contributed by atoms with Crippen LogP contribution >= 0.6 is 15.9 Å². The van der Waals surface area contributed by atoms with Gasteiger partial charge < -0.3 is 15.2 Å². The van der Waals surface area contributed by atoms with Gasteiger partial charge in [0.15, 0.2) is 5.75 Å². The van der Waals surface area contributed by atoms with Crippen molar-refractivity contribution in [3.8, 4) is 5.75 Å². The molecule has 0 bridgehead atoms. The molecular weight excluding hydrogens is 338 g/mol. The molecule has 2 N–H and O–H groups in total. The Morgan fingerprint density at radius 1 is 1.38 bits per heavy atom. The van der Waals surface area contributed by atoms with Crippen molar-refractivity contribution in [2.45, 2.75) is 26.2 Å². The van der Waals surface area contributed by atoms with Gasteiger partial charge in [-0.05, 0) is 27.6 Å². The lowest BCUT2D eigenvalue weighted by Gasteiger charge is -2.33. The Kier molecular flexibility index (Phi) is 3.16. The summed E-state index contributed by atoms with van der Waals surface area (Å²) in [5, 5.41) is 4.12. The minimum Gasteiger partial charge on any atom is -0.451 e. The normalized spacial score (nSPS) is 16.0. The number of halogens is 1. The number of carbonyl (C=O) groups is 1. The first kappa shape index (κ1) is 13.9. The Bertz CT molecular complexity index is 724. The van der Waals surface area contributed by atoms with Gasteiger partial charge in [0.05, 0.1) is 22.9 Å². The molecule has 1 aromatic heterocycles. The van der Waals surface area contributed by atoms with E-state index in [0.29, 0.717) is 28.0 Å². The number of hydrogen-bond donors (Lipinski definition) is 1. The maximum Gasteiger partial charge on any atom is 0.345 e. The first-order valence-electron chi connectivity index (χ1n) is 6.37. The lowest BCUT2D eigenvalue weighted by Crippen LogP contribution is -2.39. The zero-order chi connectivity index (χ0) is 15.2. The van der Waals surface area contributed by atoms with Crippen molar-refractivity contribution < 1.29 is 14.3 Å². The summed E-state index contributed by atoms with van der Waals surface area (Å²) in [5.41, 5.74) is 7.40. The third kappa shape index (κ3) is 2.61. The Balaban J connectivity index is 2.06. The second-order valence-corrected chi connectivity index (χ2v) is 6.13. The van der Waals surface area contributed by atoms with E-state index in [1.165, 1.54) is 0 Å². The number of carbonyl (C=O) groups excluding carboxylic acids is 1. The number of aromatic nitrogens is 2. The summed E-state index contributed by atoms with van der Waals surface area (Å²) in [6.45, 7) is 3.80. The molecule has 7 heteroatoms. The predicted octanol–water partition coefficient (Wildman–Crippen LogP) is 2.56. The molecule has 110 valence electrons. The predicted molar refractivity (Wildman–Crippen MR) is 80.0 cm³/mol. The molecule has 0 amide bonds. The van der Waals surface area contributed by atoms with Crippen LogP contribution < -0.4 is 10.5 Å². The number of ether oxygens (including phenoxy) is 2. The molecule has 0 spiro atoms. The van der Waals surface area contributed by atoms with E-state index in [1.807, 2.05) is 12.1 Å². The summed E-state index contributed by atoms with van der Waals surface area (Å²) in [6.07, 6.45) is 3.26. The van der Waals surface area contributed by atoms with E-state index in [4.69, 9.17) is 15.2 Å². The van der Waals surface area contributed by atoms with Crippen LogP contribution in [0.2, 0.25) is 0 Å². The maximum atomic E-state index is 12.3. The van der Waals surface area contributed by atoms with Crippen LogP contribution in [0.25, 0.3) is 0 Å². The third-order valence-corrected chi connectivity index (χ3v) is 3.70. The number of benzene rings is 1. The minimum atomic E-state index is -0.985. The van der Waals surface area contributed by atoms with E-state index >= 15 is 0 Å². The molecule has 0 radical (unpaired) electrons. The van der Waals surface area contributed by atoms with Crippen LogP contribution in [-0.4, -0.2) is 21.5 Å². The lowest BCUT2D eigenvalue weighted by molar-refractivity contribution is -0.127. The monoisotopic (exact) mass is 351 g/mol. The Morgan fingerprint density at radius 2 is 2.14 bits per heavy atom. The number of nitrogens with zero attached hydrogens (tertiary/aromatic N) is 2. The molecule has 0 aliphatic carbocycles. The first-order valence-corrected chi connectivity index (χ1v) is 7.17. The minimum absolute atomic E-state index is 0.405. The summed E-state index contributed by atoms with van der Waals surface area (Å²) in [7, 11) is 0. The standard InChI is InChI=1S/C14H14BrN3O3/c1-14(2)20-12-10(15)4-3-8(11(12)13(19)21-14)6-18-7-9(16)5-17-18/h3-5,7H,6,16H2,1-2H3. The smallest absolute Gasteiger partial charge is 0.345 e. The second-order valence-electron chi connectivity index (χ2n) is 5.27. The van der Waals surface area contributed by atoms with Gasteiger partial charge in [0.25, 0.3) is 0 Å². The zero-order valence-electron chi connectivity index (χ0n) is 11.6. The molecule has 0 unspecified atom stereocenters. The third-order valence-electron chi connectivity index (χ3n) is 3.07. The van der Waals surface area contributed by atoms with Crippen LogP contribution in [-0.2, 0) is 11.3 Å². The zero-order valence-corrected chi connectivity index (χ0v) is 13.2. The number of nitrogens with two attached hydrogens (primary N) is 1. The molecule has 1 aliphatic heterocycles. The second kappa shape index (κ2) is 4.77. The van der Waals surface area contributed by atoms with Gasteiger partial charge in [-0.15, -0.1) is 0 Å². The summed E-state index contributed by atoms with van der Waals surface area (Å²) < 4.78 is 13.4. The Morgan fingerprint density at radius 3 is 2.81 bits per heavy atom. The lowest BCUT2D eigenvalue weighted by atomic mass is 10.0. The number of anilines is 1. The van der Waals surface area contributed by atoms with Gasteiger partial charge >= 0.3 is 5.97 Å². The number of cyclic esters (lactones) is 1. The average Bonchev–Trinajstić information content (AvgIpc) is 2.77. The van der Waals surface area contributed by atoms with Crippen molar-refractivity contribution >= 4 is 27.6 Å². The Labute approximate surface area is 130 Å². The first-order chi connectivity index (χ1) is 9.85. The molecule has 2 aromatic rings. The van der Waals surface area contributed by atoms with Gasteiger partial charge in [-0.1, -0.05) is 6.07 Å². The van der Waals surface area contributed by atoms with Crippen LogP contribution in [0.15, 0.2) is 29.0 Å². The SMILES string of the molecule is CC1(C)OC(=O)c2c(Cn3cc(N)cn3)ccc(Br)c2O1. The fourth-order valence-corrected chi connectivity index (χ4v) is 2.65. The summed E-state index contributed by atoms with van der Waals surface area (Å²) >= 11 is 3.41. The molecule has 21 heavy (non-hydrogen) atoms. The van der Waals surface area contributed by atoms with E-state index in [0.717, 1.165) is 5.56 Å². The van der Waals surface area contributed by atoms with Crippen LogP contribution in [0.4, 0.5) is 5.69 Å². The fraction of sp³-hybridized carbons (Fsp3) is 0.286. The molecule has 0 saturated heterocycles. The fourth-order valence-electron chi connectivity index (χ4n) is 2.23. The van der Waals surface area contributed by atoms with Crippen molar-refractivity contribution in [2.75, 3.05) is 5.73 Å². The van der Waals surface area contributed by atoms with Crippen LogP contribution in [0, 0.1) is 0 Å². The molecule has 0 fully saturated rings. The van der Waals surface area contributed by atoms with Gasteiger partial charge in [0.1, 0.15) is 5.56 Å². The van der Waals surface area contributed by atoms with E-state index in [2.05, 4.69) is 21.0 Å². The van der Waals surface area contributed by atoms with Crippen molar-refractivity contribution in [3.63, 3.8) is 0 Å². The highest BCUT2D eigenvalue weighted by molar-refractivity contribution is 9.10. The van der Waals surface area contributed by atoms with Gasteiger partial charge in [0.2, 0.25) is 5.79 Å². The number of esters is 1. The topological polar surface area (TPSA) is 79.4 Å². The van der Waals surface area contributed by atoms with Crippen molar-refractivity contribution in [2.24, 2.45) is 0 Å². The molecule has 1 aliphatic rings. The summed E-state index contributed by atoms with van der Waals surface area (Å²) in [6, 6.07) is 3.68. The number of rotatable bonds is 2. The van der Waals surface area contributed by atoms with Gasteiger partial charge in [0, 0.05) is 20.0 Å². The summed E-state index contributed by atoms with van der Waals surface area (Å²) in [4.78, 5) is 12.3. The van der Waals surface area contributed by atoms with Crippen LogP contribution in [0.1, 0.15) is 29.8 Å². The average molecular weight is 352 g/mol. The molecule has 6 nitrogen and oxygen atoms in total. The van der Waals surface area contributed by atoms with E-state index in [-0.39, 0.29) is 0 Å². The molecule has 2 heterocycles. The molecule has 0 atom stereocenters. The quantitative estimate of drug-likeness (QED) is 0.841. The highest BCUT2D eigenvalue weighted by Gasteiger charge is 2.36. The molecular formula is C14H14BrN3O3. The van der Waals surface area contributed by atoms with E-state index in [9.17, 15) is 4.79 Å². The van der Waals surface area contributed by atoms with E-state index in [1.54, 1.807) is 30.9 Å². The molecule has 3 rings (SSSR count). The number of hydrogen-bond acceptors (Lipinski definition) is 5. The molecule has 1 aromatic carbocycles. The van der Waals surface area contributed by atoms with E-state index < -0.39 is 11.8 Å². The summed E-state index contributed by atoms with van der Waals surface area (Å²) in [5.74, 6) is -0.895. The van der Waals surface area contributed by atoms with Crippen molar-refractivity contribution in [1.29, 1.82) is 0 Å². The highest BCUT2D eigenvalue weighted by atomic mass is 79.9. The highest BCUT2D eigenvalue weighted by Crippen LogP contribution is 2.39. The maximum absolute atomic E-state index is 12.3. The van der Waals surface area contributed by atoms with Gasteiger partial charge in [-0.2, -0.15) is 5.10 Å². The Hall–Kier alpha value is -2.02. The van der Waals surface area contributed by atoms with Gasteiger partial charge in [-0.3, -0.25) is 4.68 Å². The van der Waals surface area contributed by atoms with Crippen molar-refractivity contribution in [1.82, 2.24) is 9.78 Å².